The Balaban J connectivity index is 1.77. The molecule has 0 atom stereocenters. The Bertz CT molecular complexity index is 993. The highest BCUT2D eigenvalue weighted by molar-refractivity contribution is 5.74. The van der Waals surface area contributed by atoms with Gasteiger partial charge in [0.1, 0.15) is 0 Å². The molecule has 2 aromatic rings. The summed E-state index contributed by atoms with van der Waals surface area (Å²) in [6, 6.07) is 0. The average Bonchev–Trinajstić information content (AvgIpc) is 3.02. The van der Waals surface area contributed by atoms with Gasteiger partial charge < -0.3 is 14.2 Å². The van der Waals surface area contributed by atoms with E-state index in [1.165, 1.54) is 11.6 Å². The second-order valence-corrected chi connectivity index (χ2v) is 7.84. The molecule has 1 saturated heterocycles. The van der Waals surface area contributed by atoms with Gasteiger partial charge in [-0.15, -0.1) is 0 Å². The van der Waals surface area contributed by atoms with Crippen LogP contribution in [0.25, 0.3) is 11.2 Å². The van der Waals surface area contributed by atoms with E-state index >= 15 is 0 Å². The summed E-state index contributed by atoms with van der Waals surface area (Å²) in [6.45, 7) is 4.06. The van der Waals surface area contributed by atoms with Crippen molar-refractivity contribution in [2.24, 2.45) is 27.1 Å². The lowest BCUT2D eigenvalue weighted by molar-refractivity contribution is -0.149. The Kier molecular flexibility index (Phi) is 6.44. The van der Waals surface area contributed by atoms with E-state index < -0.39 is 0 Å². The fraction of sp³-hybridized carbons (Fsp3) is 0.700. The highest BCUT2D eigenvalue weighted by Gasteiger charge is 2.25. The van der Waals surface area contributed by atoms with Crippen molar-refractivity contribution in [3.05, 3.63) is 20.8 Å². The van der Waals surface area contributed by atoms with Crippen molar-refractivity contribution in [2.75, 3.05) is 24.6 Å². The molecule has 0 aliphatic carbocycles. The molecule has 0 aromatic carbocycles. The predicted molar refractivity (Wildman–Crippen MR) is 111 cm³/mol. The van der Waals surface area contributed by atoms with Crippen LogP contribution in [-0.4, -0.2) is 44.4 Å². The molecule has 0 saturated carbocycles. The van der Waals surface area contributed by atoms with Crippen molar-refractivity contribution in [1.82, 2.24) is 18.7 Å². The Morgan fingerprint density at radius 3 is 2.34 bits per heavy atom. The van der Waals surface area contributed by atoms with Gasteiger partial charge in [0.05, 0.1) is 12.5 Å². The van der Waals surface area contributed by atoms with Crippen molar-refractivity contribution in [3.8, 4) is 0 Å². The molecular formula is C20H31N5O4. The van der Waals surface area contributed by atoms with E-state index in [0.717, 1.165) is 56.2 Å². The van der Waals surface area contributed by atoms with Gasteiger partial charge in [0.2, 0.25) is 5.95 Å². The second-order valence-electron chi connectivity index (χ2n) is 7.84. The largest absolute Gasteiger partial charge is 0.465 e. The molecule has 160 valence electrons. The fourth-order valence-electron chi connectivity index (χ4n) is 3.97. The molecule has 1 fully saturated rings. The van der Waals surface area contributed by atoms with Crippen LogP contribution in [0.2, 0.25) is 0 Å². The van der Waals surface area contributed by atoms with Crippen molar-refractivity contribution < 1.29 is 9.53 Å². The van der Waals surface area contributed by atoms with Crippen LogP contribution in [0.3, 0.4) is 0 Å². The summed E-state index contributed by atoms with van der Waals surface area (Å²) in [7, 11) is 4.92. The molecule has 9 nitrogen and oxygen atoms in total. The first-order valence-electron chi connectivity index (χ1n) is 10.4. The molecule has 0 N–H and O–H groups in total. The van der Waals surface area contributed by atoms with Crippen LogP contribution >= 0.6 is 0 Å². The zero-order valence-corrected chi connectivity index (χ0v) is 17.8. The molecule has 2 aromatic heterocycles. The Morgan fingerprint density at radius 2 is 1.72 bits per heavy atom. The number of esters is 1. The van der Waals surface area contributed by atoms with Crippen LogP contribution in [0.4, 0.5) is 5.95 Å². The molecule has 1 aliphatic rings. The number of carbonyl (C=O) groups excluding carboxylic acids is 1. The topological polar surface area (TPSA) is 91.4 Å². The molecule has 3 heterocycles. The summed E-state index contributed by atoms with van der Waals surface area (Å²) < 4.78 is 9.69. The number of rotatable bonds is 5. The normalized spacial score (nSPS) is 16.1. The quantitative estimate of drug-likeness (QED) is 0.550. The SMILES string of the molecule is CCCCOC(=O)C1CCCN(c2nc3c(c(=O)n(C)c(=O)n3C)n2C)CCC1. The van der Waals surface area contributed by atoms with Crippen molar-refractivity contribution in [1.29, 1.82) is 0 Å². The number of unbranched alkanes of at least 4 members (excludes halogenated alkanes) is 1. The van der Waals surface area contributed by atoms with Crippen LogP contribution in [0.1, 0.15) is 45.4 Å². The summed E-state index contributed by atoms with van der Waals surface area (Å²) in [4.78, 5) is 43.8. The number of imidazole rings is 1. The molecule has 3 rings (SSSR count). The van der Waals surface area contributed by atoms with Crippen LogP contribution in [0.15, 0.2) is 9.59 Å². The van der Waals surface area contributed by atoms with Gasteiger partial charge in [0.15, 0.2) is 11.2 Å². The number of nitrogens with zero attached hydrogens (tertiary/aromatic N) is 5. The first kappa shape index (κ1) is 21.1. The number of hydrogen-bond acceptors (Lipinski definition) is 6. The van der Waals surface area contributed by atoms with E-state index in [-0.39, 0.29) is 23.1 Å². The van der Waals surface area contributed by atoms with E-state index in [2.05, 4.69) is 16.8 Å². The van der Waals surface area contributed by atoms with Gasteiger partial charge in [-0.3, -0.25) is 18.7 Å². The Labute approximate surface area is 169 Å². The number of fused-ring (bicyclic) bond motifs is 1. The summed E-state index contributed by atoms with van der Waals surface area (Å²) in [5.74, 6) is 0.568. The molecular weight excluding hydrogens is 374 g/mol. The van der Waals surface area contributed by atoms with Gasteiger partial charge in [0, 0.05) is 34.2 Å². The van der Waals surface area contributed by atoms with Gasteiger partial charge in [-0.05, 0) is 32.1 Å². The molecule has 0 radical (unpaired) electrons. The van der Waals surface area contributed by atoms with E-state index in [1.807, 2.05) is 7.05 Å². The number of aromatic nitrogens is 4. The standard InChI is InChI=1S/C20H31N5O4/c1-5-6-13-29-18(27)14-9-7-11-25(12-8-10-14)19-21-16-15(22(19)2)17(26)24(4)20(28)23(16)3/h14H,5-13H2,1-4H3. The van der Waals surface area contributed by atoms with Gasteiger partial charge >= 0.3 is 11.7 Å². The molecule has 0 unspecified atom stereocenters. The van der Waals surface area contributed by atoms with Crippen LogP contribution in [0.5, 0.6) is 0 Å². The minimum atomic E-state index is -0.385. The molecule has 1 aliphatic heterocycles. The lowest BCUT2D eigenvalue weighted by atomic mass is 9.95. The predicted octanol–water partition coefficient (Wildman–Crippen LogP) is 1.31. The maximum atomic E-state index is 12.6. The third kappa shape index (κ3) is 4.09. The number of anilines is 1. The lowest BCUT2D eigenvalue weighted by Crippen LogP contribution is -2.37. The fourth-order valence-corrected chi connectivity index (χ4v) is 3.97. The average molecular weight is 405 g/mol. The van der Waals surface area contributed by atoms with E-state index in [0.29, 0.717) is 23.7 Å². The summed E-state index contributed by atoms with van der Waals surface area (Å²) in [6.07, 6.45) is 5.17. The number of aryl methyl sites for hydroxylation is 2. The number of carbonyl (C=O) groups is 1. The first-order valence-corrected chi connectivity index (χ1v) is 10.4. The van der Waals surface area contributed by atoms with Gasteiger partial charge in [-0.2, -0.15) is 4.98 Å². The van der Waals surface area contributed by atoms with Crippen LogP contribution in [0, 0.1) is 5.92 Å². The molecule has 0 amide bonds. The lowest BCUT2D eigenvalue weighted by Gasteiger charge is -2.28. The van der Waals surface area contributed by atoms with E-state index in [9.17, 15) is 14.4 Å². The summed E-state index contributed by atoms with van der Waals surface area (Å²) >= 11 is 0. The highest BCUT2D eigenvalue weighted by Crippen LogP contribution is 2.24. The van der Waals surface area contributed by atoms with Crippen molar-refractivity contribution >= 4 is 23.1 Å². The highest BCUT2D eigenvalue weighted by atomic mass is 16.5. The maximum absolute atomic E-state index is 12.6. The minimum absolute atomic E-state index is 0.0393. The Hall–Kier alpha value is -2.58. The minimum Gasteiger partial charge on any atom is -0.465 e. The van der Waals surface area contributed by atoms with Gasteiger partial charge in [0.25, 0.3) is 5.56 Å². The number of ether oxygens (including phenoxy) is 1. The third-order valence-electron chi connectivity index (χ3n) is 5.77. The van der Waals surface area contributed by atoms with Crippen molar-refractivity contribution in [2.45, 2.75) is 45.4 Å². The van der Waals surface area contributed by atoms with Crippen molar-refractivity contribution in [3.63, 3.8) is 0 Å². The second kappa shape index (κ2) is 8.84. The molecule has 0 spiro atoms. The first-order chi connectivity index (χ1) is 13.9. The Morgan fingerprint density at radius 1 is 1.07 bits per heavy atom. The van der Waals surface area contributed by atoms with Crippen LogP contribution < -0.4 is 16.1 Å². The monoisotopic (exact) mass is 405 g/mol. The third-order valence-corrected chi connectivity index (χ3v) is 5.77. The molecule has 9 heteroatoms. The smallest absolute Gasteiger partial charge is 0.332 e. The summed E-state index contributed by atoms with van der Waals surface area (Å²) in [5, 5.41) is 0. The number of hydrogen-bond donors (Lipinski definition) is 0. The zero-order chi connectivity index (χ0) is 21.1. The molecule has 29 heavy (non-hydrogen) atoms. The van der Waals surface area contributed by atoms with Crippen LogP contribution in [-0.2, 0) is 30.7 Å². The van der Waals surface area contributed by atoms with Gasteiger partial charge in [-0.1, -0.05) is 13.3 Å². The van der Waals surface area contributed by atoms with E-state index in [1.54, 1.807) is 11.6 Å². The van der Waals surface area contributed by atoms with Gasteiger partial charge in [-0.25, -0.2) is 4.79 Å². The maximum Gasteiger partial charge on any atom is 0.332 e. The zero-order valence-electron chi connectivity index (χ0n) is 17.8. The summed E-state index contributed by atoms with van der Waals surface area (Å²) in [5.41, 5.74) is 0.0922. The van der Waals surface area contributed by atoms with E-state index in [4.69, 9.17) is 4.74 Å². The molecule has 0 bridgehead atoms.